The number of allylic oxidation sites excluding steroid dienone is 1. The molecule has 0 unspecified atom stereocenters. The van der Waals surface area contributed by atoms with Crippen molar-refractivity contribution in [3.63, 3.8) is 0 Å². The maximum Gasteiger partial charge on any atom is 0.338 e. The van der Waals surface area contributed by atoms with Gasteiger partial charge in [-0.15, -0.1) is 0 Å². The molecule has 246 valence electrons. The Bertz CT molecular complexity index is 2080. The monoisotopic (exact) mass is 657 g/mol. The molecule has 1 aliphatic rings. The standard InChI is InChI=1S/C36H39N3O7S/c1-9-12-27-31(35(42)46-10-2)32(26-19-24(43-6)15-16-29(26)44-7)39-33(40)30(47-36(39)37-27)18-23-17-20(3)38(22(23)5)28-14-11-13-25(21(28)4)34(41)45-8/h11,13-19,32H,9-10,12H2,1-8H3/b30-18-/t32-/m1/s1. The first-order valence-electron chi connectivity index (χ1n) is 15.4. The van der Waals surface area contributed by atoms with Crippen LogP contribution in [0.25, 0.3) is 11.8 Å². The molecule has 0 N–H and O–H groups in total. The van der Waals surface area contributed by atoms with E-state index in [1.165, 1.54) is 18.4 Å². The molecule has 47 heavy (non-hydrogen) atoms. The Balaban J connectivity index is 1.76. The van der Waals surface area contributed by atoms with Crippen molar-refractivity contribution in [2.24, 2.45) is 4.99 Å². The minimum Gasteiger partial charge on any atom is -0.497 e. The molecule has 5 rings (SSSR count). The van der Waals surface area contributed by atoms with Crippen molar-refractivity contribution in [3.05, 3.63) is 107 Å². The number of fused-ring (bicyclic) bond motifs is 1. The second kappa shape index (κ2) is 13.8. The SMILES string of the molecule is CCCC1=C(C(=O)OCC)[C@@H](c2cc(OC)ccc2OC)n2c(s/c(=C\c3cc(C)n(-c4cccc(C(=O)OC)c4C)c3C)c2=O)=N1. The Kier molecular flexibility index (Phi) is 9.85. The smallest absolute Gasteiger partial charge is 0.338 e. The second-order valence-corrected chi connectivity index (χ2v) is 12.1. The first-order valence-corrected chi connectivity index (χ1v) is 16.2. The van der Waals surface area contributed by atoms with Gasteiger partial charge in [0, 0.05) is 22.6 Å². The van der Waals surface area contributed by atoms with Gasteiger partial charge in [-0.05, 0) is 87.7 Å². The van der Waals surface area contributed by atoms with Crippen molar-refractivity contribution in [3.8, 4) is 17.2 Å². The van der Waals surface area contributed by atoms with Crippen LogP contribution in [-0.2, 0) is 14.3 Å². The highest BCUT2D eigenvalue weighted by Crippen LogP contribution is 2.39. The van der Waals surface area contributed by atoms with Crippen LogP contribution in [0.15, 0.2) is 63.5 Å². The lowest BCUT2D eigenvalue weighted by Crippen LogP contribution is -2.40. The molecule has 11 heteroatoms. The number of thiazole rings is 1. The van der Waals surface area contributed by atoms with Crippen LogP contribution in [-0.4, -0.2) is 49.0 Å². The summed E-state index contributed by atoms with van der Waals surface area (Å²) in [6, 6.07) is 12.0. The zero-order valence-electron chi connectivity index (χ0n) is 27.9. The number of methoxy groups -OCH3 is 3. The number of carbonyl (C=O) groups is 2. The molecule has 4 aromatic rings. The van der Waals surface area contributed by atoms with Crippen LogP contribution in [0.4, 0.5) is 0 Å². The van der Waals surface area contributed by atoms with Crippen LogP contribution >= 0.6 is 11.3 Å². The van der Waals surface area contributed by atoms with Gasteiger partial charge in [0.15, 0.2) is 4.80 Å². The van der Waals surface area contributed by atoms with Crippen molar-refractivity contribution in [1.29, 1.82) is 0 Å². The number of aryl methyl sites for hydroxylation is 1. The number of hydrogen-bond donors (Lipinski definition) is 0. The van der Waals surface area contributed by atoms with E-state index < -0.39 is 18.0 Å². The third-order valence-electron chi connectivity index (χ3n) is 8.33. The molecule has 0 amide bonds. The maximum absolute atomic E-state index is 14.4. The summed E-state index contributed by atoms with van der Waals surface area (Å²) in [6.07, 6.45) is 3.11. The van der Waals surface area contributed by atoms with Crippen LogP contribution in [0, 0.1) is 20.8 Å². The van der Waals surface area contributed by atoms with E-state index in [2.05, 4.69) is 4.57 Å². The molecule has 1 aliphatic heterocycles. The normalized spacial score (nSPS) is 14.5. The van der Waals surface area contributed by atoms with Gasteiger partial charge in [0.1, 0.15) is 17.5 Å². The van der Waals surface area contributed by atoms with Gasteiger partial charge in [-0.25, -0.2) is 14.6 Å². The lowest BCUT2D eigenvalue weighted by atomic mass is 9.93. The van der Waals surface area contributed by atoms with Gasteiger partial charge < -0.3 is 23.5 Å². The van der Waals surface area contributed by atoms with E-state index in [9.17, 15) is 14.4 Å². The molecule has 10 nitrogen and oxygen atoms in total. The van der Waals surface area contributed by atoms with E-state index in [4.69, 9.17) is 23.9 Å². The quantitative estimate of drug-likeness (QED) is 0.218. The van der Waals surface area contributed by atoms with Crippen molar-refractivity contribution >= 4 is 29.4 Å². The number of esters is 2. The lowest BCUT2D eigenvalue weighted by Gasteiger charge is -2.27. The largest absolute Gasteiger partial charge is 0.497 e. The number of benzene rings is 2. The van der Waals surface area contributed by atoms with E-state index in [-0.39, 0.29) is 12.2 Å². The minimum absolute atomic E-state index is 0.172. The number of hydrogen-bond acceptors (Lipinski definition) is 9. The van der Waals surface area contributed by atoms with E-state index in [0.29, 0.717) is 49.7 Å². The number of carbonyl (C=O) groups excluding carboxylic acids is 2. The van der Waals surface area contributed by atoms with Gasteiger partial charge in [-0.2, -0.15) is 0 Å². The summed E-state index contributed by atoms with van der Waals surface area (Å²) >= 11 is 1.27. The molecule has 0 fully saturated rings. The molecule has 0 bridgehead atoms. The molecule has 0 spiro atoms. The van der Waals surface area contributed by atoms with Crippen LogP contribution in [0.5, 0.6) is 11.5 Å². The predicted molar refractivity (Wildman–Crippen MR) is 180 cm³/mol. The first kappa shape index (κ1) is 33.5. The summed E-state index contributed by atoms with van der Waals surface area (Å²) in [6.45, 7) is 9.78. The highest BCUT2D eigenvalue weighted by atomic mass is 32.1. The fourth-order valence-electron chi connectivity index (χ4n) is 6.11. The van der Waals surface area contributed by atoms with Crippen LogP contribution in [0.3, 0.4) is 0 Å². The average Bonchev–Trinajstić information content (AvgIpc) is 3.52. The van der Waals surface area contributed by atoms with Gasteiger partial charge in [0.2, 0.25) is 0 Å². The fraction of sp³-hybridized carbons (Fsp3) is 0.333. The second-order valence-electron chi connectivity index (χ2n) is 11.1. The van der Waals surface area contributed by atoms with E-state index in [0.717, 1.165) is 34.6 Å². The molecule has 2 aromatic heterocycles. The Hall–Kier alpha value is -4.90. The van der Waals surface area contributed by atoms with Crippen LogP contribution < -0.4 is 24.4 Å². The molecular formula is C36H39N3O7S. The zero-order valence-corrected chi connectivity index (χ0v) is 28.7. The summed E-state index contributed by atoms with van der Waals surface area (Å²) in [4.78, 5) is 45.8. The lowest BCUT2D eigenvalue weighted by molar-refractivity contribution is -0.139. The molecule has 2 aromatic carbocycles. The molecule has 0 saturated heterocycles. The third-order valence-corrected chi connectivity index (χ3v) is 9.31. The summed E-state index contributed by atoms with van der Waals surface area (Å²) < 4.78 is 25.9. The zero-order chi connectivity index (χ0) is 34.0. The Labute approximate surface area is 277 Å². The molecule has 0 aliphatic carbocycles. The van der Waals surface area contributed by atoms with Gasteiger partial charge >= 0.3 is 11.9 Å². The van der Waals surface area contributed by atoms with Crippen molar-refractivity contribution in [2.45, 2.75) is 53.5 Å². The Morgan fingerprint density at radius 3 is 2.43 bits per heavy atom. The summed E-state index contributed by atoms with van der Waals surface area (Å²) in [5.74, 6) is 0.120. The topological polar surface area (TPSA) is 110 Å². The fourth-order valence-corrected chi connectivity index (χ4v) is 7.12. The van der Waals surface area contributed by atoms with Gasteiger partial charge in [0.05, 0.1) is 49.3 Å². The Morgan fingerprint density at radius 1 is 1.00 bits per heavy atom. The summed E-state index contributed by atoms with van der Waals surface area (Å²) in [7, 11) is 4.48. The molecule has 3 heterocycles. The Morgan fingerprint density at radius 2 is 1.77 bits per heavy atom. The summed E-state index contributed by atoms with van der Waals surface area (Å²) in [5, 5.41) is 0. The number of rotatable bonds is 10. The molecule has 0 radical (unpaired) electrons. The van der Waals surface area contributed by atoms with Gasteiger partial charge in [0.25, 0.3) is 5.56 Å². The number of ether oxygens (including phenoxy) is 4. The van der Waals surface area contributed by atoms with E-state index in [1.807, 2.05) is 52.0 Å². The van der Waals surface area contributed by atoms with Gasteiger partial charge in [-0.3, -0.25) is 9.36 Å². The minimum atomic E-state index is -0.852. The molecule has 0 saturated carbocycles. The average molecular weight is 658 g/mol. The van der Waals surface area contributed by atoms with Crippen molar-refractivity contribution in [2.75, 3.05) is 27.9 Å². The first-order chi connectivity index (χ1) is 22.6. The number of aromatic nitrogens is 2. The van der Waals surface area contributed by atoms with Crippen molar-refractivity contribution in [1.82, 2.24) is 9.13 Å². The maximum atomic E-state index is 14.4. The van der Waals surface area contributed by atoms with Crippen LogP contribution in [0.1, 0.15) is 71.2 Å². The molecule has 1 atom stereocenters. The predicted octanol–water partition coefficient (Wildman–Crippen LogP) is 5.10. The molecular weight excluding hydrogens is 618 g/mol. The highest BCUT2D eigenvalue weighted by Gasteiger charge is 2.36. The summed E-state index contributed by atoms with van der Waals surface area (Å²) in [5.41, 5.74) is 5.95. The van der Waals surface area contributed by atoms with Crippen molar-refractivity contribution < 1.29 is 28.5 Å². The van der Waals surface area contributed by atoms with Gasteiger partial charge in [-0.1, -0.05) is 30.7 Å². The number of nitrogens with zero attached hydrogens (tertiary/aromatic N) is 3. The van der Waals surface area contributed by atoms with E-state index in [1.54, 1.807) is 50.0 Å². The highest BCUT2D eigenvalue weighted by molar-refractivity contribution is 7.07. The third kappa shape index (κ3) is 6.03. The van der Waals surface area contributed by atoms with Crippen LogP contribution in [0.2, 0.25) is 0 Å². The van der Waals surface area contributed by atoms with E-state index >= 15 is 0 Å².